The maximum absolute atomic E-state index is 12.6. The van der Waals surface area contributed by atoms with Crippen LogP contribution in [0.25, 0.3) is 11.3 Å². The summed E-state index contributed by atoms with van der Waals surface area (Å²) in [4.78, 5) is 12.6. The zero-order valence-electron chi connectivity index (χ0n) is 12.9. The van der Waals surface area contributed by atoms with E-state index in [1.807, 2.05) is 41.8 Å². The Labute approximate surface area is 130 Å². The number of rotatable bonds is 4. The third kappa shape index (κ3) is 2.61. The molecule has 22 heavy (non-hydrogen) atoms. The molecule has 1 fully saturated rings. The predicted octanol–water partition coefficient (Wildman–Crippen LogP) is 3.61. The molecule has 116 valence electrons. The number of anilines is 1. The Hall–Kier alpha value is -2.23. The van der Waals surface area contributed by atoms with Crippen molar-refractivity contribution in [3.63, 3.8) is 0 Å². The summed E-state index contributed by atoms with van der Waals surface area (Å²) in [6, 6.07) is 11.7. The third-order valence-electron chi connectivity index (χ3n) is 4.30. The van der Waals surface area contributed by atoms with Crippen molar-refractivity contribution in [2.24, 2.45) is 0 Å². The summed E-state index contributed by atoms with van der Waals surface area (Å²) in [6.07, 6.45) is 4.40. The number of hydrogen-bond donors (Lipinski definition) is 1. The van der Waals surface area contributed by atoms with E-state index in [2.05, 4.69) is 0 Å². The largest absolute Gasteiger partial charge is 0.493 e. The van der Waals surface area contributed by atoms with E-state index in [4.69, 9.17) is 10.5 Å². The van der Waals surface area contributed by atoms with Gasteiger partial charge >= 0.3 is 0 Å². The molecule has 0 spiro atoms. The van der Waals surface area contributed by atoms with Crippen molar-refractivity contribution in [3.8, 4) is 17.0 Å². The standard InChI is InChI=1S/C18H22N2O2/c1-2-22-17-10-6-5-9-14(17)16-12-11-15(19)18(21)20(16)13-7-3-4-8-13/h5-6,9-13H,2-4,7-8,19H2,1H3. The Bertz CT molecular complexity index is 715. The molecule has 4 nitrogen and oxygen atoms in total. The molecule has 4 heteroatoms. The van der Waals surface area contributed by atoms with Gasteiger partial charge in [-0.2, -0.15) is 0 Å². The molecular weight excluding hydrogens is 276 g/mol. The van der Waals surface area contributed by atoms with Gasteiger partial charge in [0.25, 0.3) is 5.56 Å². The van der Waals surface area contributed by atoms with Gasteiger partial charge in [0.2, 0.25) is 0 Å². The molecule has 1 aromatic carbocycles. The Balaban J connectivity index is 2.19. The van der Waals surface area contributed by atoms with Gasteiger partial charge in [-0.3, -0.25) is 4.79 Å². The van der Waals surface area contributed by atoms with Crippen molar-refractivity contribution in [1.82, 2.24) is 4.57 Å². The van der Waals surface area contributed by atoms with Gasteiger partial charge in [-0.05, 0) is 44.0 Å². The lowest BCUT2D eigenvalue weighted by Crippen LogP contribution is -2.27. The molecule has 0 unspecified atom stereocenters. The van der Waals surface area contributed by atoms with Gasteiger partial charge in [-0.15, -0.1) is 0 Å². The number of hydrogen-bond acceptors (Lipinski definition) is 3. The SMILES string of the molecule is CCOc1ccccc1-c1ccc(N)c(=O)n1C1CCCC1. The minimum Gasteiger partial charge on any atom is -0.493 e. The molecule has 1 saturated carbocycles. The van der Waals surface area contributed by atoms with Crippen LogP contribution in [0, 0.1) is 0 Å². The minimum absolute atomic E-state index is 0.0873. The number of nitrogen functional groups attached to an aromatic ring is 1. The highest BCUT2D eigenvalue weighted by Gasteiger charge is 2.23. The number of para-hydroxylation sites is 1. The zero-order valence-corrected chi connectivity index (χ0v) is 12.9. The molecular formula is C18H22N2O2. The molecule has 1 aliphatic carbocycles. The van der Waals surface area contributed by atoms with Crippen LogP contribution in [0.4, 0.5) is 5.69 Å². The minimum atomic E-state index is -0.0873. The van der Waals surface area contributed by atoms with Crippen molar-refractivity contribution in [2.75, 3.05) is 12.3 Å². The van der Waals surface area contributed by atoms with E-state index in [9.17, 15) is 4.79 Å². The van der Waals surface area contributed by atoms with Crippen LogP contribution in [0.5, 0.6) is 5.75 Å². The van der Waals surface area contributed by atoms with Crippen LogP contribution in [0.3, 0.4) is 0 Å². The van der Waals surface area contributed by atoms with Crippen LogP contribution in [0.2, 0.25) is 0 Å². The van der Waals surface area contributed by atoms with Crippen molar-refractivity contribution in [1.29, 1.82) is 0 Å². The smallest absolute Gasteiger partial charge is 0.274 e. The van der Waals surface area contributed by atoms with Gasteiger partial charge in [0.1, 0.15) is 5.75 Å². The summed E-state index contributed by atoms with van der Waals surface area (Å²) in [5.41, 5.74) is 7.94. The molecule has 1 aliphatic rings. The second-order valence-electron chi connectivity index (χ2n) is 5.72. The average molecular weight is 298 g/mol. The van der Waals surface area contributed by atoms with Gasteiger partial charge in [-0.1, -0.05) is 25.0 Å². The van der Waals surface area contributed by atoms with Crippen LogP contribution in [-0.4, -0.2) is 11.2 Å². The first-order valence-corrected chi connectivity index (χ1v) is 7.95. The van der Waals surface area contributed by atoms with Crippen LogP contribution in [0.1, 0.15) is 38.6 Å². The van der Waals surface area contributed by atoms with Crippen molar-refractivity contribution >= 4 is 5.69 Å². The molecule has 0 atom stereocenters. The third-order valence-corrected chi connectivity index (χ3v) is 4.30. The van der Waals surface area contributed by atoms with E-state index >= 15 is 0 Å². The molecule has 2 N–H and O–H groups in total. The van der Waals surface area contributed by atoms with Gasteiger partial charge in [0, 0.05) is 11.6 Å². The molecule has 1 heterocycles. The average Bonchev–Trinajstić information content (AvgIpc) is 3.05. The van der Waals surface area contributed by atoms with E-state index in [1.54, 1.807) is 6.07 Å². The van der Waals surface area contributed by atoms with E-state index in [-0.39, 0.29) is 11.6 Å². The molecule has 0 aliphatic heterocycles. The number of ether oxygens (including phenoxy) is 1. The van der Waals surface area contributed by atoms with E-state index in [1.165, 1.54) is 12.8 Å². The van der Waals surface area contributed by atoms with Crippen molar-refractivity contribution in [3.05, 3.63) is 46.8 Å². The first kappa shape index (κ1) is 14.7. The predicted molar refractivity (Wildman–Crippen MR) is 89.2 cm³/mol. The lowest BCUT2D eigenvalue weighted by atomic mass is 10.1. The van der Waals surface area contributed by atoms with Crippen molar-refractivity contribution < 1.29 is 4.74 Å². The summed E-state index contributed by atoms with van der Waals surface area (Å²) < 4.78 is 7.61. The Morgan fingerprint density at radius 2 is 1.91 bits per heavy atom. The molecule has 1 aromatic heterocycles. The van der Waals surface area contributed by atoms with Crippen LogP contribution >= 0.6 is 0 Å². The Kier molecular flexibility index (Phi) is 4.18. The Morgan fingerprint density at radius 3 is 2.64 bits per heavy atom. The second-order valence-corrected chi connectivity index (χ2v) is 5.72. The molecule has 0 bridgehead atoms. The number of nitrogens with zero attached hydrogens (tertiary/aromatic N) is 1. The van der Waals surface area contributed by atoms with Gasteiger partial charge < -0.3 is 15.0 Å². The molecule has 0 radical (unpaired) electrons. The highest BCUT2D eigenvalue weighted by molar-refractivity contribution is 5.68. The Morgan fingerprint density at radius 1 is 1.18 bits per heavy atom. The molecule has 0 saturated heterocycles. The topological polar surface area (TPSA) is 57.2 Å². The fraction of sp³-hybridized carbons (Fsp3) is 0.389. The monoisotopic (exact) mass is 298 g/mol. The summed E-state index contributed by atoms with van der Waals surface area (Å²) in [5.74, 6) is 0.806. The maximum atomic E-state index is 12.6. The zero-order chi connectivity index (χ0) is 15.5. The van der Waals surface area contributed by atoms with Crippen LogP contribution < -0.4 is 16.0 Å². The summed E-state index contributed by atoms with van der Waals surface area (Å²) >= 11 is 0. The molecule has 3 rings (SSSR count). The summed E-state index contributed by atoms with van der Waals surface area (Å²) in [5, 5.41) is 0. The summed E-state index contributed by atoms with van der Waals surface area (Å²) in [6.45, 7) is 2.56. The quantitative estimate of drug-likeness (QED) is 0.938. The van der Waals surface area contributed by atoms with Crippen LogP contribution in [-0.2, 0) is 0 Å². The van der Waals surface area contributed by atoms with Crippen molar-refractivity contribution in [2.45, 2.75) is 38.6 Å². The number of nitrogens with two attached hydrogens (primary N) is 1. The molecule has 2 aromatic rings. The van der Waals surface area contributed by atoms with E-state index < -0.39 is 0 Å². The fourth-order valence-corrected chi connectivity index (χ4v) is 3.27. The first-order chi connectivity index (χ1) is 10.7. The number of pyridine rings is 1. The van der Waals surface area contributed by atoms with Gasteiger partial charge in [-0.25, -0.2) is 0 Å². The highest BCUT2D eigenvalue weighted by atomic mass is 16.5. The van der Waals surface area contributed by atoms with Crippen LogP contribution in [0.15, 0.2) is 41.2 Å². The lowest BCUT2D eigenvalue weighted by molar-refractivity contribution is 0.341. The lowest BCUT2D eigenvalue weighted by Gasteiger charge is -2.21. The second kappa shape index (κ2) is 6.26. The first-order valence-electron chi connectivity index (χ1n) is 7.95. The number of aromatic nitrogens is 1. The van der Waals surface area contributed by atoms with Gasteiger partial charge in [0.15, 0.2) is 0 Å². The van der Waals surface area contributed by atoms with E-state index in [0.29, 0.717) is 12.3 Å². The van der Waals surface area contributed by atoms with E-state index in [0.717, 1.165) is 29.8 Å². The summed E-state index contributed by atoms with van der Waals surface area (Å²) in [7, 11) is 0. The van der Waals surface area contributed by atoms with Gasteiger partial charge in [0.05, 0.1) is 18.0 Å². The fourth-order valence-electron chi connectivity index (χ4n) is 3.27. The molecule has 0 amide bonds. The maximum Gasteiger partial charge on any atom is 0.274 e. The normalized spacial score (nSPS) is 15.1. The number of benzene rings is 1. The highest BCUT2D eigenvalue weighted by Crippen LogP contribution is 2.35.